The van der Waals surface area contributed by atoms with Crippen molar-refractivity contribution in [1.29, 1.82) is 0 Å². The summed E-state index contributed by atoms with van der Waals surface area (Å²) in [6.07, 6.45) is 2.44. The number of carbonyl (C=O) groups excluding carboxylic acids is 3. The van der Waals surface area contributed by atoms with Crippen LogP contribution in [0.1, 0.15) is 15.9 Å². The van der Waals surface area contributed by atoms with Gasteiger partial charge in [0, 0.05) is 18.2 Å². The lowest BCUT2D eigenvalue weighted by Gasteiger charge is -2.08. The zero-order valence-electron chi connectivity index (χ0n) is 14.3. The van der Waals surface area contributed by atoms with Crippen molar-refractivity contribution in [2.45, 2.75) is 0 Å². The van der Waals surface area contributed by atoms with Crippen molar-refractivity contribution < 1.29 is 24.0 Å². The highest BCUT2D eigenvalue weighted by Gasteiger charge is 2.11. The Labute approximate surface area is 164 Å². The van der Waals surface area contributed by atoms with E-state index in [1.54, 1.807) is 12.1 Å². The van der Waals surface area contributed by atoms with E-state index >= 15 is 0 Å². The minimum absolute atomic E-state index is 0.0739. The number of halogens is 1. The van der Waals surface area contributed by atoms with E-state index in [1.165, 1.54) is 42.5 Å². The molecule has 0 unspecified atom stereocenters. The van der Waals surface area contributed by atoms with Crippen molar-refractivity contribution in [3.05, 3.63) is 80.9 Å². The second-order valence-corrected chi connectivity index (χ2v) is 5.68. The summed E-state index contributed by atoms with van der Waals surface area (Å²) in [4.78, 5) is 45.1. The number of nitrogens with one attached hydrogen (secondary N) is 2. The number of nitrogens with zero attached hydrogens (tertiary/aromatic N) is 1. The molecule has 2 aromatic carbocycles. The van der Waals surface area contributed by atoms with Crippen LogP contribution in [0.2, 0.25) is 5.02 Å². The van der Waals surface area contributed by atoms with E-state index in [0.717, 1.165) is 6.08 Å². The van der Waals surface area contributed by atoms with Crippen LogP contribution in [0.4, 0.5) is 5.69 Å². The van der Waals surface area contributed by atoms with Gasteiger partial charge in [0.15, 0.2) is 6.61 Å². The van der Waals surface area contributed by atoms with Gasteiger partial charge in [-0.25, -0.2) is 4.79 Å². The van der Waals surface area contributed by atoms with Crippen LogP contribution in [0.3, 0.4) is 0 Å². The van der Waals surface area contributed by atoms with Crippen molar-refractivity contribution in [1.82, 2.24) is 10.9 Å². The first kappa shape index (κ1) is 20.6. The van der Waals surface area contributed by atoms with Gasteiger partial charge in [-0.2, -0.15) is 0 Å². The zero-order valence-corrected chi connectivity index (χ0v) is 15.0. The molecule has 28 heavy (non-hydrogen) atoms. The van der Waals surface area contributed by atoms with Gasteiger partial charge in [0.2, 0.25) is 0 Å². The molecule has 0 heterocycles. The van der Waals surface area contributed by atoms with Gasteiger partial charge in [-0.15, -0.1) is 0 Å². The SMILES string of the molecule is O=C(COC(=O)C=Cc1ccc([N+](=O)[O-])cc1)NNC(=O)c1ccccc1Cl. The van der Waals surface area contributed by atoms with E-state index in [9.17, 15) is 24.5 Å². The fraction of sp³-hybridized carbons (Fsp3) is 0.0556. The second-order valence-electron chi connectivity index (χ2n) is 5.27. The van der Waals surface area contributed by atoms with Gasteiger partial charge in [-0.1, -0.05) is 23.7 Å². The van der Waals surface area contributed by atoms with E-state index in [1.807, 2.05) is 0 Å². The Morgan fingerprint density at radius 2 is 1.75 bits per heavy atom. The highest BCUT2D eigenvalue weighted by molar-refractivity contribution is 6.33. The Balaban J connectivity index is 1.76. The predicted molar refractivity (Wildman–Crippen MR) is 100 cm³/mol. The molecule has 0 saturated carbocycles. The van der Waals surface area contributed by atoms with Crippen molar-refractivity contribution in [3.63, 3.8) is 0 Å². The van der Waals surface area contributed by atoms with Crippen LogP contribution in [-0.4, -0.2) is 29.3 Å². The highest BCUT2D eigenvalue weighted by atomic mass is 35.5. The molecule has 0 aromatic heterocycles. The van der Waals surface area contributed by atoms with E-state index in [0.29, 0.717) is 5.56 Å². The van der Waals surface area contributed by atoms with Gasteiger partial charge in [0.1, 0.15) is 0 Å². The first-order chi connectivity index (χ1) is 13.4. The third kappa shape index (κ3) is 6.22. The average molecular weight is 404 g/mol. The van der Waals surface area contributed by atoms with Gasteiger partial charge in [0.25, 0.3) is 17.5 Å². The Morgan fingerprint density at radius 3 is 2.39 bits per heavy atom. The molecule has 0 bridgehead atoms. The number of esters is 1. The lowest BCUT2D eigenvalue weighted by atomic mass is 10.2. The highest BCUT2D eigenvalue weighted by Crippen LogP contribution is 2.14. The predicted octanol–water partition coefficient (Wildman–Crippen LogP) is 2.27. The van der Waals surface area contributed by atoms with E-state index in [2.05, 4.69) is 10.9 Å². The first-order valence-electron chi connectivity index (χ1n) is 7.80. The lowest BCUT2D eigenvalue weighted by Crippen LogP contribution is -2.43. The molecule has 0 atom stereocenters. The van der Waals surface area contributed by atoms with Crippen LogP contribution in [0, 0.1) is 10.1 Å². The molecular formula is C18H14ClN3O6. The Morgan fingerprint density at radius 1 is 1.07 bits per heavy atom. The smallest absolute Gasteiger partial charge is 0.331 e. The molecular weight excluding hydrogens is 390 g/mol. The lowest BCUT2D eigenvalue weighted by molar-refractivity contribution is -0.384. The monoisotopic (exact) mass is 403 g/mol. The average Bonchev–Trinajstić information content (AvgIpc) is 2.69. The van der Waals surface area contributed by atoms with Crippen LogP contribution in [0.5, 0.6) is 0 Å². The topological polar surface area (TPSA) is 128 Å². The number of ether oxygens (including phenoxy) is 1. The molecule has 2 N–H and O–H groups in total. The fourth-order valence-electron chi connectivity index (χ4n) is 1.93. The van der Waals surface area contributed by atoms with Crippen LogP contribution >= 0.6 is 11.6 Å². The van der Waals surface area contributed by atoms with Gasteiger partial charge in [-0.3, -0.25) is 30.6 Å². The Kier molecular flexibility index (Phi) is 7.23. The van der Waals surface area contributed by atoms with Gasteiger partial charge in [0.05, 0.1) is 15.5 Å². The molecule has 144 valence electrons. The summed E-state index contributed by atoms with van der Waals surface area (Å²) in [5, 5.41) is 10.8. The normalized spacial score (nSPS) is 10.3. The molecule has 2 aromatic rings. The van der Waals surface area contributed by atoms with Crippen molar-refractivity contribution >= 4 is 41.1 Å². The van der Waals surface area contributed by atoms with Crippen molar-refractivity contribution in [2.75, 3.05) is 6.61 Å². The number of carbonyl (C=O) groups is 3. The van der Waals surface area contributed by atoms with E-state index in [-0.39, 0.29) is 16.3 Å². The number of benzene rings is 2. The first-order valence-corrected chi connectivity index (χ1v) is 8.17. The number of hydrogen-bond acceptors (Lipinski definition) is 6. The number of nitro groups is 1. The van der Waals surface area contributed by atoms with Crippen LogP contribution in [0.25, 0.3) is 6.08 Å². The van der Waals surface area contributed by atoms with Crippen molar-refractivity contribution in [2.24, 2.45) is 0 Å². The van der Waals surface area contributed by atoms with E-state index < -0.39 is 29.3 Å². The summed E-state index contributed by atoms with van der Waals surface area (Å²) in [5.41, 5.74) is 4.88. The third-order valence-corrected chi connectivity index (χ3v) is 3.62. The number of hydrazine groups is 1. The van der Waals surface area contributed by atoms with Crippen LogP contribution in [0.15, 0.2) is 54.6 Å². The number of rotatable bonds is 6. The number of non-ortho nitro benzene ring substituents is 1. The molecule has 0 radical (unpaired) electrons. The maximum atomic E-state index is 11.9. The molecule has 0 aliphatic rings. The minimum atomic E-state index is -0.800. The van der Waals surface area contributed by atoms with E-state index in [4.69, 9.17) is 16.3 Å². The van der Waals surface area contributed by atoms with Crippen LogP contribution < -0.4 is 10.9 Å². The second kappa shape index (κ2) is 9.83. The summed E-state index contributed by atoms with van der Waals surface area (Å²) < 4.78 is 4.73. The summed E-state index contributed by atoms with van der Waals surface area (Å²) in [7, 11) is 0. The molecule has 0 aliphatic heterocycles. The summed E-state index contributed by atoms with van der Waals surface area (Å²) in [6.45, 7) is -0.619. The van der Waals surface area contributed by atoms with Crippen LogP contribution in [-0.2, 0) is 14.3 Å². The van der Waals surface area contributed by atoms with Gasteiger partial charge < -0.3 is 4.74 Å². The zero-order chi connectivity index (χ0) is 20.5. The molecule has 2 rings (SSSR count). The Bertz CT molecular complexity index is 927. The molecule has 9 nitrogen and oxygen atoms in total. The fourth-order valence-corrected chi connectivity index (χ4v) is 2.15. The molecule has 2 amide bonds. The number of nitro benzene ring substituents is 1. The molecule has 10 heteroatoms. The van der Waals surface area contributed by atoms with Crippen molar-refractivity contribution in [3.8, 4) is 0 Å². The van der Waals surface area contributed by atoms with Gasteiger partial charge in [-0.05, 0) is 35.9 Å². The largest absolute Gasteiger partial charge is 0.452 e. The third-order valence-electron chi connectivity index (χ3n) is 3.30. The Hall–Kier alpha value is -3.72. The summed E-state index contributed by atoms with van der Waals surface area (Å²) in [5.74, 6) is -2.17. The summed E-state index contributed by atoms with van der Waals surface area (Å²) >= 11 is 5.86. The number of hydrogen-bond donors (Lipinski definition) is 2. The molecule has 0 spiro atoms. The minimum Gasteiger partial charge on any atom is -0.452 e. The maximum Gasteiger partial charge on any atom is 0.331 e. The standard InChI is InChI=1S/C18H14ClN3O6/c19-15-4-2-1-3-14(15)18(25)21-20-16(23)11-28-17(24)10-7-12-5-8-13(9-6-12)22(26)27/h1-10H,11H2,(H,20,23)(H,21,25). The summed E-state index contributed by atoms with van der Waals surface area (Å²) in [6, 6.07) is 11.8. The molecule has 0 fully saturated rings. The number of amides is 2. The molecule has 0 aliphatic carbocycles. The van der Waals surface area contributed by atoms with Gasteiger partial charge >= 0.3 is 5.97 Å². The maximum absolute atomic E-state index is 11.9. The quantitative estimate of drug-likeness (QED) is 0.329. The molecule has 0 saturated heterocycles.